The molecule has 1 aromatic heterocycles. The summed E-state index contributed by atoms with van der Waals surface area (Å²) in [4.78, 5) is 0. The van der Waals surface area contributed by atoms with E-state index in [1.807, 2.05) is 0 Å². The van der Waals surface area contributed by atoms with Gasteiger partial charge in [0.25, 0.3) is 0 Å². The maximum atomic E-state index is 11.7. The smallest absolute Gasteiger partial charge is 0.436 e. The molecule has 0 aliphatic rings. The summed E-state index contributed by atoms with van der Waals surface area (Å²) in [6.45, 7) is 0. The fourth-order valence-electron chi connectivity index (χ4n) is 0.488. The molecule has 1 aromatic rings. The molecule has 0 atom stereocenters. The number of aromatic amines is 1. The summed E-state index contributed by atoms with van der Waals surface area (Å²) in [7, 11) is 0. The summed E-state index contributed by atoms with van der Waals surface area (Å²) in [5.41, 5.74) is -1.22. The molecule has 0 radical (unpaired) electrons. The Morgan fingerprint density at radius 2 is 2.10 bits per heavy atom. The van der Waals surface area contributed by atoms with Gasteiger partial charge in [-0.15, -0.1) is 0 Å². The predicted molar refractivity (Wildman–Crippen MR) is 25.3 cm³/mol. The first-order valence-electron chi connectivity index (χ1n) is 2.31. The lowest BCUT2D eigenvalue weighted by Gasteiger charge is -2.01. The van der Waals surface area contributed by atoms with Gasteiger partial charge in [-0.05, 0) is 0 Å². The van der Waals surface area contributed by atoms with Gasteiger partial charge in [0.2, 0.25) is 0 Å². The number of nitrogens with zero attached hydrogens (tertiary/aromatic N) is 1. The Bertz CT molecular complexity index is 229. The molecular formula is C4H3F3N2O. The number of rotatable bonds is 0. The molecule has 0 spiro atoms. The molecule has 0 saturated carbocycles. The molecule has 6 heteroatoms. The molecule has 0 aliphatic carbocycles. The second kappa shape index (κ2) is 1.89. The van der Waals surface area contributed by atoms with Crippen LogP contribution in [0.3, 0.4) is 0 Å². The van der Waals surface area contributed by atoms with Crippen LogP contribution in [0.1, 0.15) is 5.69 Å². The van der Waals surface area contributed by atoms with Gasteiger partial charge in [0.05, 0.1) is 6.20 Å². The highest BCUT2D eigenvalue weighted by Crippen LogP contribution is 2.32. The fraction of sp³-hybridized carbons (Fsp3) is 0.250. The van der Waals surface area contributed by atoms with Crippen LogP contribution in [0.2, 0.25) is 0 Å². The number of aromatic hydroxyl groups is 1. The Balaban J connectivity index is 3.05. The molecule has 1 heterocycles. The lowest BCUT2D eigenvalue weighted by Crippen LogP contribution is -2.05. The van der Waals surface area contributed by atoms with Gasteiger partial charge in [-0.2, -0.15) is 18.3 Å². The van der Waals surface area contributed by atoms with Crippen molar-refractivity contribution in [3.63, 3.8) is 0 Å². The zero-order valence-electron chi connectivity index (χ0n) is 4.61. The average molecular weight is 152 g/mol. The van der Waals surface area contributed by atoms with E-state index < -0.39 is 17.6 Å². The molecule has 1 rings (SSSR count). The summed E-state index contributed by atoms with van der Waals surface area (Å²) in [6, 6.07) is 0. The molecule has 0 amide bonds. The topological polar surface area (TPSA) is 48.9 Å². The van der Waals surface area contributed by atoms with Crippen LogP contribution >= 0.6 is 0 Å². The summed E-state index contributed by atoms with van der Waals surface area (Å²) >= 11 is 0. The number of nitrogens with one attached hydrogen (secondary N) is 1. The molecule has 0 aromatic carbocycles. The maximum Gasteiger partial charge on any atom is 0.436 e. The first-order valence-corrected chi connectivity index (χ1v) is 2.31. The van der Waals surface area contributed by atoms with Gasteiger partial charge in [0.1, 0.15) is 0 Å². The van der Waals surface area contributed by atoms with Crippen molar-refractivity contribution in [1.82, 2.24) is 10.2 Å². The Hall–Kier alpha value is -1.20. The van der Waals surface area contributed by atoms with Crippen LogP contribution < -0.4 is 0 Å². The second-order valence-electron chi connectivity index (χ2n) is 1.63. The summed E-state index contributed by atoms with van der Waals surface area (Å²) in [6.07, 6.45) is -3.86. The van der Waals surface area contributed by atoms with Crippen molar-refractivity contribution in [1.29, 1.82) is 0 Å². The molecule has 0 saturated heterocycles. The minimum absolute atomic E-state index is 0.697. The third-order valence-corrected chi connectivity index (χ3v) is 0.903. The van der Waals surface area contributed by atoms with Crippen LogP contribution in [0.5, 0.6) is 5.75 Å². The van der Waals surface area contributed by atoms with E-state index >= 15 is 0 Å². The highest BCUT2D eigenvalue weighted by Gasteiger charge is 2.35. The quantitative estimate of drug-likeness (QED) is 0.585. The van der Waals surface area contributed by atoms with Crippen molar-refractivity contribution >= 4 is 0 Å². The lowest BCUT2D eigenvalue weighted by molar-refractivity contribution is -0.142. The highest BCUT2D eigenvalue weighted by molar-refractivity contribution is 5.23. The van der Waals surface area contributed by atoms with E-state index in [0.29, 0.717) is 6.20 Å². The van der Waals surface area contributed by atoms with E-state index in [1.54, 1.807) is 5.10 Å². The molecular weight excluding hydrogens is 149 g/mol. The Morgan fingerprint density at radius 1 is 1.50 bits per heavy atom. The van der Waals surface area contributed by atoms with Crippen molar-refractivity contribution in [3.8, 4) is 5.75 Å². The number of alkyl halides is 3. The predicted octanol–water partition coefficient (Wildman–Crippen LogP) is 1.13. The Morgan fingerprint density at radius 3 is 2.30 bits per heavy atom. The van der Waals surface area contributed by atoms with E-state index in [0.717, 1.165) is 0 Å². The molecule has 0 aliphatic heterocycles. The average Bonchev–Trinajstić information content (AvgIpc) is 2.11. The largest absolute Gasteiger partial charge is 0.504 e. The lowest BCUT2D eigenvalue weighted by atomic mass is 10.4. The van der Waals surface area contributed by atoms with Crippen molar-refractivity contribution in [3.05, 3.63) is 11.9 Å². The van der Waals surface area contributed by atoms with Gasteiger partial charge < -0.3 is 5.11 Å². The highest BCUT2D eigenvalue weighted by atomic mass is 19.4. The van der Waals surface area contributed by atoms with Gasteiger partial charge in [-0.3, -0.25) is 5.10 Å². The standard InChI is InChI=1S/C4H3F3N2O/c5-4(6,7)3-2(10)1-8-9-3/h1,10H,(H,8,9). The molecule has 0 unspecified atom stereocenters. The molecule has 0 bridgehead atoms. The first-order chi connectivity index (χ1) is 4.52. The minimum Gasteiger partial charge on any atom is -0.504 e. The van der Waals surface area contributed by atoms with Crippen molar-refractivity contribution < 1.29 is 18.3 Å². The van der Waals surface area contributed by atoms with Crippen LogP contribution in [0.4, 0.5) is 13.2 Å². The van der Waals surface area contributed by atoms with Gasteiger partial charge in [0, 0.05) is 0 Å². The van der Waals surface area contributed by atoms with Crippen molar-refractivity contribution in [2.75, 3.05) is 0 Å². The van der Waals surface area contributed by atoms with Crippen LogP contribution in [0, 0.1) is 0 Å². The third-order valence-electron chi connectivity index (χ3n) is 0.903. The zero-order valence-corrected chi connectivity index (χ0v) is 4.61. The maximum absolute atomic E-state index is 11.7. The van der Waals surface area contributed by atoms with E-state index in [-0.39, 0.29) is 0 Å². The molecule has 0 fully saturated rings. The summed E-state index contributed by atoms with van der Waals surface area (Å²) in [5, 5.41) is 13.1. The van der Waals surface area contributed by atoms with Gasteiger partial charge in [-0.25, -0.2) is 0 Å². The number of hydrogen-bond donors (Lipinski definition) is 2. The van der Waals surface area contributed by atoms with Crippen LogP contribution in [-0.4, -0.2) is 15.3 Å². The molecule has 56 valence electrons. The van der Waals surface area contributed by atoms with Crippen molar-refractivity contribution in [2.45, 2.75) is 6.18 Å². The molecule has 2 N–H and O–H groups in total. The van der Waals surface area contributed by atoms with Crippen molar-refractivity contribution in [2.24, 2.45) is 0 Å². The number of H-pyrrole nitrogens is 1. The fourth-order valence-corrected chi connectivity index (χ4v) is 0.488. The van der Waals surface area contributed by atoms with E-state index in [2.05, 4.69) is 5.10 Å². The number of hydrogen-bond acceptors (Lipinski definition) is 2. The summed E-state index contributed by atoms with van der Waals surface area (Å²) in [5.74, 6) is -0.882. The Labute approximate surface area is 53.5 Å². The molecule has 3 nitrogen and oxygen atoms in total. The summed E-state index contributed by atoms with van der Waals surface area (Å²) < 4.78 is 35.0. The van der Waals surface area contributed by atoms with Crippen LogP contribution in [0.25, 0.3) is 0 Å². The van der Waals surface area contributed by atoms with Gasteiger partial charge in [0.15, 0.2) is 11.4 Å². The Kier molecular flexibility index (Phi) is 1.31. The SMILES string of the molecule is Oc1cn[nH]c1C(F)(F)F. The van der Waals surface area contributed by atoms with E-state index in [4.69, 9.17) is 5.11 Å². The van der Waals surface area contributed by atoms with Gasteiger partial charge >= 0.3 is 6.18 Å². The van der Waals surface area contributed by atoms with Crippen LogP contribution in [0.15, 0.2) is 6.20 Å². The van der Waals surface area contributed by atoms with E-state index in [9.17, 15) is 13.2 Å². The number of halogens is 3. The van der Waals surface area contributed by atoms with Gasteiger partial charge in [-0.1, -0.05) is 0 Å². The molecule has 10 heavy (non-hydrogen) atoms. The van der Waals surface area contributed by atoms with E-state index in [1.165, 1.54) is 0 Å². The zero-order chi connectivity index (χ0) is 7.78. The minimum atomic E-state index is -4.55. The van der Waals surface area contributed by atoms with Crippen LogP contribution in [-0.2, 0) is 6.18 Å². The second-order valence-corrected chi connectivity index (χ2v) is 1.63. The monoisotopic (exact) mass is 152 g/mol. The first kappa shape index (κ1) is 6.91. The number of aromatic nitrogens is 2. The third kappa shape index (κ3) is 1.04. The normalized spacial score (nSPS) is 11.9.